The highest BCUT2D eigenvalue weighted by molar-refractivity contribution is 5.66. The van der Waals surface area contributed by atoms with Gasteiger partial charge in [0.2, 0.25) is 0 Å². The van der Waals surface area contributed by atoms with Gasteiger partial charge in [-0.25, -0.2) is 4.79 Å². The van der Waals surface area contributed by atoms with Crippen molar-refractivity contribution in [2.45, 2.75) is 19.4 Å². The number of amides is 1. The summed E-state index contributed by atoms with van der Waals surface area (Å²) in [7, 11) is 0. The number of alkyl carbamates (subject to hydrolysis) is 1. The van der Waals surface area contributed by atoms with E-state index in [1.54, 1.807) is 6.92 Å². The lowest BCUT2D eigenvalue weighted by Gasteiger charge is -2.12. The molecule has 3 N–H and O–H groups in total. The van der Waals surface area contributed by atoms with Crippen molar-refractivity contribution in [1.82, 2.24) is 5.32 Å². The molecule has 1 aromatic carbocycles. The van der Waals surface area contributed by atoms with Gasteiger partial charge in [0.1, 0.15) is 0 Å². The molecule has 1 aromatic rings. The highest BCUT2D eigenvalue weighted by Gasteiger charge is 2.06. The maximum atomic E-state index is 11.0. The predicted octanol–water partition coefficient (Wildman–Crippen LogP) is 1.82. The molecule has 0 heterocycles. The molecular formula is C12H18N2O2. The molecule has 0 saturated heterocycles. The molecule has 4 nitrogen and oxygen atoms in total. The number of rotatable bonds is 5. The second-order valence-corrected chi connectivity index (χ2v) is 3.45. The highest BCUT2D eigenvalue weighted by Crippen LogP contribution is 2.11. The molecule has 1 unspecified atom stereocenters. The minimum atomic E-state index is -0.386. The first-order valence-electron chi connectivity index (χ1n) is 5.45. The van der Waals surface area contributed by atoms with E-state index in [1.165, 1.54) is 0 Å². The molecule has 0 aliphatic heterocycles. The van der Waals surface area contributed by atoms with Gasteiger partial charge in [0.15, 0.2) is 0 Å². The number of nitrogens with one attached hydrogen (secondary N) is 1. The van der Waals surface area contributed by atoms with Crippen LogP contribution in [0.3, 0.4) is 0 Å². The van der Waals surface area contributed by atoms with E-state index in [2.05, 4.69) is 5.32 Å². The van der Waals surface area contributed by atoms with Gasteiger partial charge < -0.3 is 15.8 Å². The Bertz CT molecular complexity index is 314. The van der Waals surface area contributed by atoms with Crippen LogP contribution < -0.4 is 11.1 Å². The Labute approximate surface area is 95.8 Å². The maximum absolute atomic E-state index is 11.0. The summed E-state index contributed by atoms with van der Waals surface area (Å²) in [6.07, 6.45) is 0.311. The Morgan fingerprint density at radius 3 is 2.75 bits per heavy atom. The molecule has 0 radical (unpaired) electrons. The molecule has 0 saturated carbocycles. The van der Waals surface area contributed by atoms with Crippen LogP contribution in [0.15, 0.2) is 30.3 Å². The molecule has 1 atom stereocenters. The average molecular weight is 222 g/mol. The van der Waals surface area contributed by atoms with Crippen LogP contribution in [-0.4, -0.2) is 19.2 Å². The van der Waals surface area contributed by atoms with Gasteiger partial charge >= 0.3 is 6.09 Å². The average Bonchev–Trinajstić information content (AvgIpc) is 2.30. The van der Waals surface area contributed by atoms with Gasteiger partial charge in [0, 0.05) is 12.6 Å². The fourth-order valence-corrected chi connectivity index (χ4v) is 1.38. The third-order valence-corrected chi connectivity index (χ3v) is 2.23. The first-order chi connectivity index (χ1) is 7.74. The SMILES string of the molecule is CCOC(=O)NCCC(N)c1ccccc1. The van der Waals surface area contributed by atoms with E-state index < -0.39 is 0 Å². The van der Waals surface area contributed by atoms with E-state index in [4.69, 9.17) is 10.5 Å². The molecule has 0 spiro atoms. The molecule has 88 valence electrons. The Balaban J connectivity index is 2.26. The quantitative estimate of drug-likeness (QED) is 0.798. The number of carbonyl (C=O) groups is 1. The van der Waals surface area contributed by atoms with Gasteiger partial charge in [-0.1, -0.05) is 30.3 Å². The van der Waals surface area contributed by atoms with Crippen molar-refractivity contribution in [2.24, 2.45) is 5.73 Å². The maximum Gasteiger partial charge on any atom is 0.407 e. The van der Waals surface area contributed by atoms with E-state index in [0.717, 1.165) is 5.56 Å². The second-order valence-electron chi connectivity index (χ2n) is 3.45. The van der Waals surface area contributed by atoms with Crippen LogP contribution in [0.4, 0.5) is 4.79 Å². The molecule has 0 bridgehead atoms. The Kier molecular flexibility index (Phi) is 5.36. The second kappa shape index (κ2) is 6.85. The van der Waals surface area contributed by atoms with Crippen LogP contribution in [0.2, 0.25) is 0 Å². The van der Waals surface area contributed by atoms with Crippen LogP contribution in [0.1, 0.15) is 24.9 Å². The summed E-state index contributed by atoms with van der Waals surface area (Å²) in [5.41, 5.74) is 7.04. The van der Waals surface area contributed by atoms with Crippen LogP contribution in [0.25, 0.3) is 0 Å². The largest absolute Gasteiger partial charge is 0.450 e. The first kappa shape index (κ1) is 12.5. The molecule has 0 aromatic heterocycles. The summed E-state index contributed by atoms with van der Waals surface area (Å²) in [6, 6.07) is 9.77. The van der Waals surface area contributed by atoms with Gasteiger partial charge in [0.05, 0.1) is 6.61 Å². The van der Waals surface area contributed by atoms with Crippen molar-refractivity contribution in [1.29, 1.82) is 0 Å². The number of benzene rings is 1. The highest BCUT2D eigenvalue weighted by atomic mass is 16.5. The summed E-state index contributed by atoms with van der Waals surface area (Å²) in [6.45, 7) is 2.68. The lowest BCUT2D eigenvalue weighted by Crippen LogP contribution is -2.27. The topological polar surface area (TPSA) is 64.3 Å². The van der Waals surface area contributed by atoms with Gasteiger partial charge in [-0.15, -0.1) is 0 Å². The Morgan fingerprint density at radius 2 is 2.12 bits per heavy atom. The molecule has 16 heavy (non-hydrogen) atoms. The van der Waals surface area contributed by atoms with Crippen molar-refractivity contribution >= 4 is 6.09 Å². The number of hydrogen-bond acceptors (Lipinski definition) is 3. The van der Waals surface area contributed by atoms with Crippen molar-refractivity contribution in [3.8, 4) is 0 Å². The summed E-state index contributed by atoms with van der Waals surface area (Å²) >= 11 is 0. The van der Waals surface area contributed by atoms with Crippen LogP contribution >= 0.6 is 0 Å². The Morgan fingerprint density at radius 1 is 1.44 bits per heavy atom. The molecule has 0 fully saturated rings. The lowest BCUT2D eigenvalue weighted by molar-refractivity contribution is 0.152. The Hall–Kier alpha value is -1.55. The van der Waals surface area contributed by atoms with Crippen molar-refractivity contribution in [3.05, 3.63) is 35.9 Å². The summed E-state index contributed by atoms with van der Waals surface area (Å²) in [5, 5.41) is 2.64. The lowest BCUT2D eigenvalue weighted by atomic mass is 10.1. The van der Waals surface area contributed by atoms with Crippen molar-refractivity contribution in [3.63, 3.8) is 0 Å². The van der Waals surface area contributed by atoms with Crippen molar-refractivity contribution in [2.75, 3.05) is 13.2 Å². The minimum absolute atomic E-state index is 0.0527. The molecule has 1 rings (SSSR count). The molecule has 1 amide bonds. The van der Waals surface area contributed by atoms with E-state index in [0.29, 0.717) is 19.6 Å². The zero-order chi connectivity index (χ0) is 11.8. The molecular weight excluding hydrogens is 204 g/mol. The zero-order valence-electron chi connectivity index (χ0n) is 9.48. The number of hydrogen-bond donors (Lipinski definition) is 2. The third kappa shape index (κ3) is 4.31. The fraction of sp³-hybridized carbons (Fsp3) is 0.417. The van der Waals surface area contributed by atoms with Gasteiger partial charge in [-0.05, 0) is 18.9 Å². The third-order valence-electron chi connectivity index (χ3n) is 2.23. The summed E-state index contributed by atoms with van der Waals surface area (Å²) in [4.78, 5) is 11.0. The normalized spacial score (nSPS) is 11.9. The smallest absolute Gasteiger partial charge is 0.407 e. The van der Waals surface area contributed by atoms with Crippen molar-refractivity contribution < 1.29 is 9.53 Å². The van der Waals surface area contributed by atoms with Gasteiger partial charge in [-0.2, -0.15) is 0 Å². The van der Waals surface area contributed by atoms with Crippen LogP contribution in [0, 0.1) is 0 Å². The van der Waals surface area contributed by atoms with Crippen LogP contribution in [0.5, 0.6) is 0 Å². The molecule has 4 heteroatoms. The van der Waals surface area contributed by atoms with Crippen LogP contribution in [-0.2, 0) is 4.74 Å². The van der Waals surface area contributed by atoms with E-state index in [-0.39, 0.29) is 12.1 Å². The van der Waals surface area contributed by atoms with E-state index in [9.17, 15) is 4.79 Å². The number of ether oxygens (including phenoxy) is 1. The number of nitrogens with two attached hydrogens (primary N) is 1. The minimum Gasteiger partial charge on any atom is -0.450 e. The fourth-order valence-electron chi connectivity index (χ4n) is 1.38. The first-order valence-corrected chi connectivity index (χ1v) is 5.45. The van der Waals surface area contributed by atoms with Gasteiger partial charge in [0.25, 0.3) is 0 Å². The zero-order valence-corrected chi connectivity index (χ0v) is 9.48. The standard InChI is InChI=1S/C12H18N2O2/c1-2-16-12(15)14-9-8-11(13)10-6-4-3-5-7-10/h3-7,11H,2,8-9,13H2,1H3,(H,14,15). The molecule has 0 aliphatic carbocycles. The predicted molar refractivity (Wildman–Crippen MR) is 63.0 cm³/mol. The molecule has 0 aliphatic rings. The van der Waals surface area contributed by atoms with E-state index >= 15 is 0 Å². The monoisotopic (exact) mass is 222 g/mol. The summed E-state index contributed by atoms with van der Waals surface area (Å²) < 4.78 is 4.74. The number of carbonyl (C=O) groups excluding carboxylic acids is 1. The van der Waals surface area contributed by atoms with E-state index in [1.807, 2.05) is 30.3 Å². The van der Waals surface area contributed by atoms with Gasteiger partial charge in [-0.3, -0.25) is 0 Å². The summed E-state index contributed by atoms with van der Waals surface area (Å²) in [5.74, 6) is 0.